The van der Waals surface area contributed by atoms with Crippen molar-refractivity contribution in [2.24, 2.45) is 10.9 Å². The number of rotatable bonds is 11. The minimum absolute atomic E-state index is 0.0897. The number of hydrogen-bond acceptors (Lipinski definition) is 6. The molecule has 1 fully saturated rings. The Bertz CT molecular complexity index is 1520. The van der Waals surface area contributed by atoms with Crippen LogP contribution in [0.1, 0.15) is 43.0 Å². The molecular weight excluding hydrogens is 554 g/mol. The van der Waals surface area contributed by atoms with E-state index in [0.29, 0.717) is 51.7 Å². The highest BCUT2D eigenvalue weighted by Crippen LogP contribution is 2.39. The number of carbonyl (C=O) groups is 1. The summed E-state index contributed by atoms with van der Waals surface area (Å²) in [6, 6.07) is 20.7. The Hall–Kier alpha value is -3.99. The molecule has 0 aromatic heterocycles. The minimum Gasteiger partial charge on any atom is -0.490 e. The number of aliphatic imine (C=N–C) groups is 1. The molecule has 6 nitrogen and oxygen atoms in total. The van der Waals surface area contributed by atoms with Crippen molar-refractivity contribution in [1.82, 2.24) is 4.90 Å². The molecule has 41 heavy (non-hydrogen) atoms. The van der Waals surface area contributed by atoms with E-state index in [0.717, 1.165) is 22.4 Å². The van der Waals surface area contributed by atoms with Crippen molar-refractivity contribution >= 4 is 46.2 Å². The molecule has 1 aliphatic heterocycles. The van der Waals surface area contributed by atoms with E-state index in [9.17, 15) is 10.1 Å². The Morgan fingerprint density at radius 2 is 1.88 bits per heavy atom. The van der Waals surface area contributed by atoms with Gasteiger partial charge in [0.2, 0.25) is 0 Å². The summed E-state index contributed by atoms with van der Waals surface area (Å²) in [5.41, 5.74) is 3.76. The second kappa shape index (κ2) is 14.1. The minimum atomic E-state index is -0.0897. The summed E-state index contributed by atoms with van der Waals surface area (Å²) in [5, 5.41) is 10.7. The summed E-state index contributed by atoms with van der Waals surface area (Å²) in [6.45, 7) is 11.2. The van der Waals surface area contributed by atoms with Crippen molar-refractivity contribution < 1.29 is 14.3 Å². The Morgan fingerprint density at radius 3 is 2.56 bits per heavy atom. The molecule has 0 aliphatic carbocycles. The number of ether oxygens (including phenoxy) is 2. The van der Waals surface area contributed by atoms with Gasteiger partial charge in [0.25, 0.3) is 5.91 Å². The fourth-order valence-electron chi connectivity index (χ4n) is 4.30. The van der Waals surface area contributed by atoms with E-state index in [-0.39, 0.29) is 18.4 Å². The van der Waals surface area contributed by atoms with Crippen LogP contribution in [0.5, 0.6) is 11.5 Å². The van der Waals surface area contributed by atoms with Gasteiger partial charge >= 0.3 is 0 Å². The van der Waals surface area contributed by atoms with Gasteiger partial charge in [-0.15, -0.1) is 6.58 Å². The summed E-state index contributed by atoms with van der Waals surface area (Å²) in [5.74, 6) is 1.34. The van der Waals surface area contributed by atoms with Crippen LogP contribution in [0.25, 0.3) is 6.08 Å². The Kier molecular flexibility index (Phi) is 10.3. The highest BCUT2D eigenvalue weighted by atomic mass is 35.5. The van der Waals surface area contributed by atoms with Crippen LogP contribution in [-0.2, 0) is 17.8 Å². The molecule has 1 saturated heterocycles. The molecule has 4 rings (SSSR count). The first kappa shape index (κ1) is 30.0. The van der Waals surface area contributed by atoms with Crippen LogP contribution in [-0.4, -0.2) is 29.1 Å². The van der Waals surface area contributed by atoms with Crippen LogP contribution >= 0.6 is 23.4 Å². The molecule has 0 N–H and O–H groups in total. The molecule has 8 heteroatoms. The van der Waals surface area contributed by atoms with E-state index in [1.54, 1.807) is 29.2 Å². The first-order valence-corrected chi connectivity index (χ1v) is 14.6. The fraction of sp³-hybridized carbons (Fsp3) is 0.242. The quantitative estimate of drug-likeness (QED) is 0.167. The number of hydrogen-bond donors (Lipinski definition) is 0. The van der Waals surface area contributed by atoms with Gasteiger partial charge in [-0.05, 0) is 85.1 Å². The smallest absolute Gasteiger partial charge is 0.266 e. The zero-order valence-corrected chi connectivity index (χ0v) is 25.0. The molecule has 3 aromatic carbocycles. The fourth-order valence-corrected chi connectivity index (χ4v) is 5.43. The van der Waals surface area contributed by atoms with Gasteiger partial charge in [-0.25, -0.2) is 4.99 Å². The van der Waals surface area contributed by atoms with Crippen molar-refractivity contribution in [3.63, 3.8) is 0 Å². The molecule has 0 spiro atoms. The zero-order chi connectivity index (χ0) is 29.4. The number of thioether (sulfide) groups is 1. The Balaban J connectivity index is 1.70. The third-order valence-electron chi connectivity index (χ3n) is 6.11. The van der Waals surface area contributed by atoms with Crippen LogP contribution in [0.15, 0.2) is 83.2 Å². The number of nitriles is 1. The molecule has 0 unspecified atom stereocenters. The lowest BCUT2D eigenvalue weighted by Crippen LogP contribution is -2.32. The predicted molar refractivity (Wildman–Crippen MR) is 168 cm³/mol. The summed E-state index contributed by atoms with van der Waals surface area (Å²) in [6.07, 6.45) is 4.21. The zero-order valence-electron chi connectivity index (χ0n) is 23.4. The Labute approximate surface area is 250 Å². The van der Waals surface area contributed by atoms with E-state index in [4.69, 9.17) is 26.1 Å². The van der Waals surface area contributed by atoms with E-state index in [2.05, 4.69) is 26.5 Å². The third-order valence-corrected chi connectivity index (χ3v) is 7.37. The number of carbonyl (C=O) groups excluding carboxylic acids is 1. The summed E-state index contributed by atoms with van der Waals surface area (Å²) >= 11 is 7.39. The van der Waals surface area contributed by atoms with Crippen molar-refractivity contribution in [2.45, 2.75) is 33.8 Å². The Morgan fingerprint density at radius 1 is 1.12 bits per heavy atom. The predicted octanol–water partition coefficient (Wildman–Crippen LogP) is 8.18. The molecule has 0 bridgehead atoms. The first-order chi connectivity index (χ1) is 19.8. The number of allylic oxidation sites excluding steroid dienone is 1. The number of benzene rings is 3. The van der Waals surface area contributed by atoms with Gasteiger partial charge in [0, 0.05) is 22.7 Å². The van der Waals surface area contributed by atoms with Crippen LogP contribution in [0, 0.1) is 17.2 Å². The van der Waals surface area contributed by atoms with Gasteiger partial charge in [-0.1, -0.05) is 49.7 Å². The average molecular weight is 586 g/mol. The number of nitrogens with zero attached hydrogens (tertiary/aromatic N) is 3. The molecule has 0 radical (unpaired) electrons. The van der Waals surface area contributed by atoms with Crippen LogP contribution in [0.2, 0.25) is 5.02 Å². The summed E-state index contributed by atoms with van der Waals surface area (Å²) in [4.78, 5) is 20.6. The number of amidine groups is 1. The summed E-state index contributed by atoms with van der Waals surface area (Å²) < 4.78 is 12.2. The lowest BCUT2D eigenvalue weighted by Gasteiger charge is -2.18. The number of halogens is 1. The van der Waals surface area contributed by atoms with Crippen molar-refractivity contribution in [1.29, 1.82) is 5.26 Å². The molecule has 0 atom stereocenters. The first-order valence-electron chi connectivity index (χ1n) is 13.4. The second-order valence-electron chi connectivity index (χ2n) is 9.78. The standard InChI is InChI=1S/C33H32ClN3O3S/c1-5-9-24-16-23(17-29(39-6-2)31(24)40-21-26-11-8-7-10-25(26)19-35)18-30-32(38)37(20-22(3)4)33(41-30)36-28-14-12-27(34)13-15-28/h5,7-8,10-18,22H,1,6,9,20-21H2,2-4H3/b30-18-,36-33?. The lowest BCUT2D eigenvalue weighted by molar-refractivity contribution is -0.122. The maximum absolute atomic E-state index is 13.5. The maximum atomic E-state index is 13.5. The van der Waals surface area contributed by atoms with Crippen molar-refractivity contribution in [3.05, 3.63) is 106 Å². The topological polar surface area (TPSA) is 74.9 Å². The van der Waals surface area contributed by atoms with Gasteiger partial charge in [0.1, 0.15) is 6.61 Å². The normalized spacial score (nSPS) is 15.0. The van der Waals surface area contributed by atoms with Gasteiger partial charge < -0.3 is 9.47 Å². The maximum Gasteiger partial charge on any atom is 0.266 e. The highest BCUT2D eigenvalue weighted by molar-refractivity contribution is 8.18. The molecule has 210 valence electrons. The SMILES string of the molecule is C=CCc1cc(/C=C2\SC(=Nc3ccc(Cl)cc3)N(CC(C)C)C2=O)cc(OCC)c1OCc1ccccc1C#N. The van der Waals surface area contributed by atoms with E-state index in [1.807, 2.05) is 55.5 Å². The summed E-state index contributed by atoms with van der Waals surface area (Å²) in [7, 11) is 0. The largest absolute Gasteiger partial charge is 0.490 e. The average Bonchev–Trinajstić information content (AvgIpc) is 3.22. The van der Waals surface area contributed by atoms with Gasteiger partial charge in [0.05, 0.1) is 28.8 Å². The molecule has 0 saturated carbocycles. The lowest BCUT2D eigenvalue weighted by atomic mass is 10.0. The van der Waals surface area contributed by atoms with E-state index in [1.165, 1.54) is 11.8 Å². The van der Waals surface area contributed by atoms with Crippen molar-refractivity contribution in [2.75, 3.05) is 13.2 Å². The number of amides is 1. The molecule has 3 aromatic rings. The van der Waals surface area contributed by atoms with E-state index >= 15 is 0 Å². The van der Waals surface area contributed by atoms with Crippen LogP contribution in [0.3, 0.4) is 0 Å². The van der Waals surface area contributed by atoms with Crippen molar-refractivity contribution in [3.8, 4) is 17.6 Å². The van der Waals surface area contributed by atoms with Gasteiger partial charge in [-0.2, -0.15) is 5.26 Å². The molecular formula is C33H32ClN3O3S. The van der Waals surface area contributed by atoms with E-state index < -0.39 is 0 Å². The molecule has 1 amide bonds. The van der Waals surface area contributed by atoms with Crippen LogP contribution < -0.4 is 9.47 Å². The monoisotopic (exact) mass is 585 g/mol. The highest BCUT2D eigenvalue weighted by Gasteiger charge is 2.34. The second-order valence-corrected chi connectivity index (χ2v) is 11.2. The van der Waals surface area contributed by atoms with Crippen LogP contribution in [0.4, 0.5) is 5.69 Å². The van der Waals surface area contributed by atoms with Gasteiger partial charge in [-0.3, -0.25) is 9.69 Å². The third kappa shape index (κ3) is 7.60. The van der Waals surface area contributed by atoms with Gasteiger partial charge in [0.15, 0.2) is 16.7 Å². The molecule has 1 aliphatic rings. The molecule has 1 heterocycles.